The molecule has 0 saturated heterocycles. The van der Waals surface area contributed by atoms with E-state index in [9.17, 15) is 4.79 Å². The Kier molecular flexibility index (Phi) is 4.20. The Bertz CT molecular complexity index is 287. The van der Waals surface area contributed by atoms with Crippen molar-refractivity contribution >= 4 is 29.1 Å². The van der Waals surface area contributed by atoms with Gasteiger partial charge < -0.3 is 10.2 Å². The number of aromatic nitrogens is 1. The summed E-state index contributed by atoms with van der Waals surface area (Å²) >= 11 is 2.66. The molecule has 0 saturated carbocycles. The van der Waals surface area contributed by atoms with Gasteiger partial charge in [-0.15, -0.1) is 11.3 Å². The van der Waals surface area contributed by atoms with Crippen LogP contribution in [0.1, 0.15) is 15.5 Å². The fourth-order valence-corrected chi connectivity index (χ4v) is 2.10. The fraction of sp³-hybridized carbons (Fsp3) is 0.429. The first kappa shape index (κ1) is 10.5. The van der Waals surface area contributed by atoms with Gasteiger partial charge in [0.2, 0.25) is 5.01 Å². The largest absolute Gasteiger partial charge is 0.476 e. The second kappa shape index (κ2) is 5.21. The van der Waals surface area contributed by atoms with E-state index in [1.807, 2.05) is 0 Å². The molecule has 0 amide bonds. The van der Waals surface area contributed by atoms with E-state index in [4.69, 9.17) is 10.2 Å². The van der Waals surface area contributed by atoms with E-state index < -0.39 is 5.97 Å². The van der Waals surface area contributed by atoms with Crippen LogP contribution in [-0.2, 0) is 5.75 Å². The van der Waals surface area contributed by atoms with Gasteiger partial charge in [-0.05, 0) is 0 Å². The zero-order valence-electron chi connectivity index (χ0n) is 6.77. The van der Waals surface area contributed by atoms with Crippen LogP contribution in [0.4, 0.5) is 0 Å². The van der Waals surface area contributed by atoms with Crippen LogP contribution in [-0.4, -0.2) is 33.5 Å². The van der Waals surface area contributed by atoms with Gasteiger partial charge >= 0.3 is 5.97 Å². The first-order valence-corrected chi connectivity index (χ1v) is 5.63. The molecule has 0 fully saturated rings. The van der Waals surface area contributed by atoms with Crippen molar-refractivity contribution in [2.45, 2.75) is 5.75 Å². The van der Waals surface area contributed by atoms with Crippen LogP contribution in [0, 0.1) is 0 Å². The van der Waals surface area contributed by atoms with Gasteiger partial charge in [-0.2, -0.15) is 11.8 Å². The van der Waals surface area contributed by atoms with E-state index >= 15 is 0 Å². The van der Waals surface area contributed by atoms with Crippen molar-refractivity contribution < 1.29 is 15.0 Å². The highest BCUT2D eigenvalue weighted by Gasteiger charge is 2.08. The molecular formula is C7H9NO3S2. The van der Waals surface area contributed by atoms with Crippen LogP contribution in [0.2, 0.25) is 0 Å². The normalized spacial score (nSPS) is 10.2. The quantitative estimate of drug-likeness (QED) is 0.725. The first-order chi connectivity index (χ1) is 6.24. The maximum atomic E-state index is 10.4. The summed E-state index contributed by atoms with van der Waals surface area (Å²) in [5.41, 5.74) is 0.765. The number of carboxylic acid groups (broad SMARTS) is 1. The highest BCUT2D eigenvalue weighted by atomic mass is 32.2. The number of nitrogens with zero attached hydrogens (tertiary/aromatic N) is 1. The topological polar surface area (TPSA) is 70.4 Å². The third kappa shape index (κ3) is 3.33. The van der Waals surface area contributed by atoms with Gasteiger partial charge in [0.15, 0.2) is 0 Å². The highest BCUT2D eigenvalue weighted by Crippen LogP contribution is 2.15. The van der Waals surface area contributed by atoms with Gasteiger partial charge in [0.1, 0.15) is 0 Å². The fourth-order valence-electron chi connectivity index (χ4n) is 0.713. The summed E-state index contributed by atoms with van der Waals surface area (Å²) in [6, 6.07) is 0. The van der Waals surface area contributed by atoms with Crippen molar-refractivity contribution in [1.82, 2.24) is 4.98 Å². The molecule has 2 N–H and O–H groups in total. The van der Waals surface area contributed by atoms with Gasteiger partial charge in [-0.25, -0.2) is 9.78 Å². The summed E-state index contributed by atoms with van der Waals surface area (Å²) in [5, 5.41) is 18.9. The lowest BCUT2D eigenvalue weighted by Crippen LogP contribution is -1.95. The molecule has 0 aliphatic heterocycles. The lowest BCUT2D eigenvalue weighted by atomic mass is 10.6. The maximum Gasteiger partial charge on any atom is 0.365 e. The van der Waals surface area contributed by atoms with Gasteiger partial charge in [-0.1, -0.05) is 0 Å². The minimum atomic E-state index is -0.983. The number of aliphatic hydroxyl groups is 1. The molecule has 0 aliphatic carbocycles. The molecule has 72 valence electrons. The predicted molar refractivity (Wildman–Crippen MR) is 52.3 cm³/mol. The molecule has 0 atom stereocenters. The molecule has 1 heterocycles. The number of hydrogen-bond acceptors (Lipinski definition) is 5. The molecule has 0 aromatic carbocycles. The minimum Gasteiger partial charge on any atom is -0.476 e. The number of aromatic carboxylic acids is 1. The second-order valence-electron chi connectivity index (χ2n) is 2.23. The zero-order chi connectivity index (χ0) is 9.68. The van der Waals surface area contributed by atoms with Crippen LogP contribution in [0.25, 0.3) is 0 Å². The molecule has 1 rings (SSSR count). The van der Waals surface area contributed by atoms with Crippen LogP contribution in [0.5, 0.6) is 0 Å². The predicted octanol–water partition coefficient (Wildman–Crippen LogP) is 1.07. The van der Waals surface area contributed by atoms with Crippen LogP contribution in [0.3, 0.4) is 0 Å². The number of thiazole rings is 1. The average molecular weight is 219 g/mol. The number of aliphatic hydroxyl groups excluding tert-OH is 1. The molecule has 1 aromatic rings. The van der Waals surface area contributed by atoms with Gasteiger partial charge in [0.05, 0.1) is 12.3 Å². The summed E-state index contributed by atoms with van der Waals surface area (Å²) in [5.74, 6) is 0.327. The third-order valence-electron chi connectivity index (χ3n) is 1.22. The highest BCUT2D eigenvalue weighted by molar-refractivity contribution is 7.98. The molecule has 0 aliphatic rings. The molecule has 0 radical (unpaired) electrons. The molecule has 6 heteroatoms. The lowest BCUT2D eigenvalue weighted by Gasteiger charge is -1.93. The number of thioether (sulfide) groups is 1. The Labute approximate surface area is 83.6 Å². The zero-order valence-corrected chi connectivity index (χ0v) is 8.40. The summed E-state index contributed by atoms with van der Waals surface area (Å²) < 4.78 is 0. The SMILES string of the molecule is O=C(O)c1nc(CSCCO)cs1. The Morgan fingerprint density at radius 3 is 3.00 bits per heavy atom. The van der Waals surface area contributed by atoms with Crippen molar-refractivity contribution in [2.24, 2.45) is 0 Å². The number of carbonyl (C=O) groups is 1. The molecular weight excluding hydrogens is 210 g/mol. The van der Waals surface area contributed by atoms with Crippen molar-refractivity contribution in [3.05, 3.63) is 16.1 Å². The standard InChI is InChI=1S/C7H9NO3S2/c9-1-2-12-3-5-4-13-6(8-5)7(10)11/h4,9H,1-3H2,(H,10,11). The second-order valence-corrected chi connectivity index (χ2v) is 4.19. The molecule has 0 spiro atoms. The van der Waals surface area contributed by atoms with Crippen LogP contribution >= 0.6 is 23.1 Å². The Morgan fingerprint density at radius 1 is 1.69 bits per heavy atom. The molecule has 0 bridgehead atoms. The van der Waals surface area contributed by atoms with Crippen LogP contribution in [0.15, 0.2) is 5.38 Å². The Hall–Kier alpha value is -0.590. The average Bonchev–Trinajstić information content (AvgIpc) is 2.53. The van der Waals surface area contributed by atoms with Crippen molar-refractivity contribution in [3.63, 3.8) is 0 Å². The van der Waals surface area contributed by atoms with Gasteiger partial charge in [-0.3, -0.25) is 0 Å². The van der Waals surface area contributed by atoms with E-state index in [1.54, 1.807) is 5.38 Å². The summed E-state index contributed by atoms with van der Waals surface area (Å²) in [6.45, 7) is 0.139. The monoisotopic (exact) mass is 219 g/mol. The Morgan fingerprint density at radius 2 is 2.46 bits per heavy atom. The molecule has 13 heavy (non-hydrogen) atoms. The lowest BCUT2D eigenvalue weighted by molar-refractivity contribution is 0.0696. The Balaban J connectivity index is 2.44. The van der Waals surface area contributed by atoms with Crippen molar-refractivity contribution in [2.75, 3.05) is 12.4 Å². The van der Waals surface area contributed by atoms with Gasteiger partial charge in [0, 0.05) is 16.9 Å². The number of carboxylic acids is 1. The molecule has 4 nitrogen and oxygen atoms in total. The number of hydrogen-bond donors (Lipinski definition) is 2. The van der Waals surface area contributed by atoms with Gasteiger partial charge in [0.25, 0.3) is 0 Å². The summed E-state index contributed by atoms with van der Waals surface area (Å²) in [7, 11) is 0. The smallest absolute Gasteiger partial charge is 0.365 e. The van der Waals surface area contributed by atoms with E-state index in [0.717, 1.165) is 17.0 Å². The van der Waals surface area contributed by atoms with Crippen molar-refractivity contribution in [3.8, 4) is 0 Å². The van der Waals surface area contributed by atoms with E-state index in [0.29, 0.717) is 11.5 Å². The summed E-state index contributed by atoms with van der Waals surface area (Å²) in [4.78, 5) is 14.3. The minimum absolute atomic E-state index is 0.125. The van der Waals surface area contributed by atoms with Crippen LogP contribution < -0.4 is 0 Å². The van der Waals surface area contributed by atoms with E-state index in [1.165, 1.54) is 11.8 Å². The maximum absolute atomic E-state index is 10.4. The van der Waals surface area contributed by atoms with Crippen molar-refractivity contribution in [1.29, 1.82) is 0 Å². The van der Waals surface area contributed by atoms with E-state index in [-0.39, 0.29) is 11.6 Å². The van der Waals surface area contributed by atoms with E-state index in [2.05, 4.69) is 4.98 Å². The third-order valence-corrected chi connectivity index (χ3v) is 3.07. The summed E-state index contributed by atoms with van der Waals surface area (Å²) in [6.07, 6.45) is 0. The number of rotatable bonds is 5. The first-order valence-electron chi connectivity index (χ1n) is 3.60. The molecule has 1 aromatic heterocycles. The molecule has 0 unspecified atom stereocenters.